The molecule has 0 spiro atoms. The van der Waals surface area contributed by atoms with Crippen molar-refractivity contribution in [2.45, 2.75) is 32.1 Å². The van der Waals surface area contributed by atoms with Crippen LogP contribution in [0.1, 0.15) is 32.1 Å². The SMILES string of the molecule is COCCOCCC(CO)(CO)C1CCCC1. The molecule has 0 aromatic carbocycles. The largest absolute Gasteiger partial charge is 0.396 e. The molecule has 1 aliphatic carbocycles. The molecule has 0 saturated heterocycles. The van der Waals surface area contributed by atoms with E-state index in [0.717, 1.165) is 19.3 Å². The third kappa shape index (κ3) is 4.21. The van der Waals surface area contributed by atoms with Crippen LogP contribution in [0.2, 0.25) is 0 Å². The van der Waals surface area contributed by atoms with Gasteiger partial charge in [-0.05, 0) is 25.2 Å². The molecule has 17 heavy (non-hydrogen) atoms. The van der Waals surface area contributed by atoms with E-state index in [1.54, 1.807) is 7.11 Å². The molecule has 0 aromatic rings. The van der Waals surface area contributed by atoms with E-state index in [1.807, 2.05) is 0 Å². The number of hydrogen-bond acceptors (Lipinski definition) is 4. The smallest absolute Gasteiger partial charge is 0.0700 e. The molecule has 102 valence electrons. The minimum atomic E-state index is -0.344. The summed E-state index contributed by atoms with van der Waals surface area (Å²) in [6.45, 7) is 1.87. The zero-order chi connectivity index (χ0) is 12.6. The van der Waals surface area contributed by atoms with Gasteiger partial charge in [-0.25, -0.2) is 0 Å². The maximum absolute atomic E-state index is 9.60. The Kier molecular flexibility index (Phi) is 7.04. The molecule has 1 rings (SSSR count). The monoisotopic (exact) mass is 246 g/mol. The van der Waals surface area contributed by atoms with Gasteiger partial charge in [-0.1, -0.05) is 12.8 Å². The normalized spacial score (nSPS) is 17.8. The molecule has 0 amide bonds. The highest BCUT2D eigenvalue weighted by Crippen LogP contribution is 2.41. The molecule has 0 aromatic heterocycles. The highest BCUT2D eigenvalue weighted by Gasteiger charge is 2.38. The quantitative estimate of drug-likeness (QED) is 0.600. The van der Waals surface area contributed by atoms with Crippen molar-refractivity contribution in [1.29, 1.82) is 0 Å². The summed E-state index contributed by atoms with van der Waals surface area (Å²) in [4.78, 5) is 0. The van der Waals surface area contributed by atoms with Crippen LogP contribution in [-0.4, -0.2) is 50.4 Å². The Hall–Kier alpha value is -0.160. The van der Waals surface area contributed by atoms with Crippen molar-refractivity contribution >= 4 is 0 Å². The van der Waals surface area contributed by atoms with E-state index < -0.39 is 0 Å². The van der Waals surface area contributed by atoms with E-state index in [2.05, 4.69) is 0 Å². The van der Waals surface area contributed by atoms with Gasteiger partial charge in [0, 0.05) is 19.1 Å². The third-order valence-electron chi connectivity index (χ3n) is 4.03. The topological polar surface area (TPSA) is 58.9 Å². The van der Waals surface area contributed by atoms with Crippen molar-refractivity contribution in [3.63, 3.8) is 0 Å². The Balaban J connectivity index is 2.35. The summed E-state index contributed by atoms with van der Waals surface area (Å²) >= 11 is 0. The van der Waals surface area contributed by atoms with Gasteiger partial charge in [-0.15, -0.1) is 0 Å². The molecule has 2 N–H and O–H groups in total. The lowest BCUT2D eigenvalue weighted by Crippen LogP contribution is -2.38. The van der Waals surface area contributed by atoms with Crippen LogP contribution >= 0.6 is 0 Å². The van der Waals surface area contributed by atoms with E-state index in [1.165, 1.54) is 12.8 Å². The summed E-state index contributed by atoms with van der Waals surface area (Å²) in [5.41, 5.74) is -0.344. The number of rotatable bonds is 9. The van der Waals surface area contributed by atoms with E-state index in [-0.39, 0.29) is 18.6 Å². The summed E-state index contributed by atoms with van der Waals surface area (Å²) in [7, 11) is 1.65. The molecular weight excluding hydrogens is 220 g/mol. The van der Waals surface area contributed by atoms with Crippen LogP contribution in [0, 0.1) is 11.3 Å². The van der Waals surface area contributed by atoms with Crippen LogP contribution in [0.3, 0.4) is 0 Å². The molecule has 4 nitrogen and oxygen atoms in total. The van der Waals surface area contributed by atoms with Gasteiger partial charge in [-0.3, -0.25) is 0 Å². The van der Waals surface area contributed by atoms with Crippen molar-refractivity contribution < 1.29 is 19.7 Å². The second kappa shape index (κ2) is 8.03. The second-order valence-electron chi connectivity index (χ2n) is 5.02. The Morgan fingerprint density at radius 1 is 1.06 bits per heavy atom. The molecule has 0 aliphatic heterocycles. The first-order chi connectivity index (χ1) is 8.29. The molecule has 0 bridgehead atoms. The van der Waals surface area contributed by atoms with Crippen LogP contribution in [-0.2, 0) is 9.47 Å². The molecule has 0 unspecified atom stereocenters. The lowest BCUT2D eigenvalue weighted by atomic mass is 9.73. The molecule has 0 heterocycles. The van der Waals surface area contributed by atoms with Gasteiger partial charge in [0.15, 0.2) is 0 Å². The first-order valence-electron chi connectivity index (χ1n) is 6.57. The molecule has 1 aliphatic rings. The summed E-state index contributed by atoms with van der Waals surface area (Å²) in [5, 5.41) is 19.2. The van der Waals surface area contributed by atoms with Crippen LogP contribution < -0.4 is 0 Å². The van der Waals surface area contributed by atoms with Crippen molar-refractivity contribution in [1.82, 2.24) is 0 Å². The minimum absolute atomic E-state index is 0.0573. The average Bonchev–Trinajstić information content (AvgIpc) is 2.89. The summed E-state index contributed by atoms with van der Waals surface area (Å²) in [6, 6.07) is 0. The molecular formula is C13H26O4. The fraction of sp³-hybridized carbons (Fsp3) is 1.00. The van der Waals surface area contributed by atoms with Gasteiger partial charge in [-0.2, -0.15) is 0 Å². The number of aliphatic hydroxyl groups excluding tert-OH is 2. The van der Waals surface area contributed by atoms with E-state index in [0.29, 0.717) is 25.7 Å². The number of methoxy groups -OCH3 is 1. The summed E-state index contributed by atoms with van der Waals surface area (Å²) < 4.78 is 10.3. The molecule has 1 saturated carbocycles. The number of hydrogen-bond donors (Lipinski definition) is 2. The lowest BCUT2D eigenvalue weighted by molar-refractivity contribution is -0.0285. The Morgan fingerprint density at radius 2 is 1.71 bits per heavy atom. The third-order valence-corrected chi connectivity index (χ3v) is 4.03. The minimum Gasteiger partial charge on any atom is -0.396 e. The van der Waals surface area contributed by atoms with Crippen molar-refractivity contribution in [2.75, 3.05) is 40.1 Å². The van der Waals surface area contributed by atoms with Crippen molar-refractivity contribution in [3.05, 3.63) is 0 Å². The van der Waals surface area contributed by atoms with Gasteiger partial charge >= 0.3 is 0 Å². The van der Waals surface area contributed by atoms with E-state index in [4.69, 9.17) is 9.47 Å². The van der Waals surface area contributed by atoms with Gasteiger partial charge < -0.3 is 19.7 Å². The molecule has 0 radical (unpaired) electrons. The molecule has 1 fully saturated rings. The zero-order valence-corrected chi connectivity index (χ0v) is 10.9. The van der Waals surface area contributed by atoms with Crippen LogP contribution in [0.25, 0.3) is 0 Å². The fourth-order valence-corrected chi connectivity index (χ4v) is 2.73. The first-order valence-corrected chi connectivity index (χ1v) is 6.57. The predicted molar refractivity (Wildman–Crippen MR) is 65.9 cm³/mol. The standard InChI is InChI=1S/C13H26O4/c1-16-8-9-17-7-6-13(10-14,11-15)12-4-2-3-5-12/h12,14-15H,2-11H2,1H3. The maximum Gasteiger partial charge on any atom is 0.0700 e. The molecule has 4 heteroatoms. The highest BCUT2D eigenvalue weighted by molar-refractivity contribution is 4.88. The summed E-state index contributed by atoms with van der Waals surface area (Å²) in [5.74, 6) is 0.448. The van der Waals surface area contributed by atoms with Gasteiger partial charge in [0.25, 0.3) is 0 Å². The zero-order valence-electron chi connectivity index (χ0n) is 10.9. The van der Waals surface area contributed by atoms with E-state index in [9.17, 15) is 10.2 Å². The van der Waals surface area contributed by atoms with Gasteiger partial charge in [0.2, 0.25) is 0 Å². The maximum atomic E-state index is 9.60. The molecule has 0 atom stereocenters. The van der Waals surface area contributed by atoms with Crippen LogP contribution in [0.4, 0.5) is 0 Å². The summed E-state index contributed by atoms with van der Waals surface area (Å²) in [6.07, 6.45) is 5.42. The fourth-order valence-electron chi connectivity index (χ4n) is 2.73. The van der Waals surface area contributed by atoms with Crippen LogP contribution in [0.15, 0.2) is 0 Å². The number of aliphatic hydroxyl groups is 2. The highest BCUT2D eigenvalue weighted by atomic mass is 16.5. The average molecular weight is 246 g/mol. The number of ether oxygens (including phenoxy) is 2. The lowest BCUT2D eigenvalue weighted by Gasteiger charge is -2.36. The van der Waals surface area contributed by atoms with Crippen LogP contribution in [0.5, 0.6) is 0 Å². The predicted octanol–water partition coefficient (Wildman–Crippen LogP) is 1.20. The van der Waals surface area contributed by atoms with Crippen molar-refractivity contribution in [2.24, 2.45) is 11.3 Å². The Morgan fingerprint density at radius 3 is 2.24 bits per heavy atom. The Bertz CT molecular complexity index is 186. The second-order valence-corrected chi connectivity index (χ2v) is 5.02. The van der Waals surface area contributed by atoms with Gasteiger partial charge in [0.1, 0.15) is 0 Å². The van der Waals surface area contributed by atoms with Gasteiger partial charge in [0.05, 0.1) is 26.4 Å². The Labute approximate surface area is 104 Å². The first kappa shape index (κ1) is 14.9. The van der Waals surface area contributed by atoms with E-state index >= 15 is 0 Å². The van der Waals surface area contributed by atoms with Crippen molar-refractivity contribution in [3.8, 4) is 0 Å².